The van der Waals surface area contributed by atoms with Crippen LogP contribution in [-0.4, -0.2) is 10.9 Å². The molecule has 0 radical (unpaired) electrons. The van der Waals surface area contributed by atoms with E-state index in [4.69, 9.17) is 5.73 Å². The summed E-state index contributed by atoms with van der Waals surface area (Å²) in [6.07, 6.45) is 0. The number of carboxylic acids is 1. The number of hydrogen-bond acceptors (Lipinski definition) is 5. The van der Waals surface area contributed by atoms with Gasteiger partial charge in [-0.05, 0) is 17.7 Å². The number of nitrogen functional groups attached to an aromatic ring is 1. The van der Waals surface area contributed by atoms with E-state index in [1.165, 1.54) is 36.4 Å². The lowest BCUT2D eigenvalue weighted by atomic mass is 10.00. The Morgan fingerprint density at radius 1 is 1.11 bits per heavy atom. The molecule has 0 atom stereocenters. The summed E-state index contributed by atoms with van der Waals surface area (Å²) in [7, 11) is 0. The molecule has 2 rings (SSSR count). The van der Waals surface area contributed by atoms with E-state index in [2.05, 4.69) is 0 Å². The Bertz CT molecular complexity index is 650. The molecule has 0 fully saturated rings. The number of non-ortho nitro benzene ring substituents is 1. The fraction of sp³-hybridized carbons (Fsp3) is 0. The summed E-state index contributed by atoms with van der Waals surface area (Å²) in [6, 6.07) is 10.2. The minimum atomic E-state index is -1.36. The highest BCUT2D eigenvalue weighted by Gasteiger charge is 2.10. The number of hydrogen-bond donors (Lipinski definition) is 1. The normalized spacial score (nSPS) is 10.1. The van der Waals surface area contributed by atoms with Crippen LogP contribution in [0.3, 0.4) is 0 Å². The molecule has 0 aromatic heterocycles. The summed E-state index contributed by atoms with van der Waals surface area (Å²) in [6.45, 7) is 0. The number of benzene rings is 2. The van der Waals surface area contributed by atoms with Crippen molar-refractivity contribution in [3.05, 3.63) is 58.1 Å². The SMILES string of the molecule is Nc1c(C(=O)[O-])cccc1-c1ccc([N+](=O)[O-])cc1. The lowest BCUT2D eigenvalue weighted by molar-refractivity contribution is -0.384. The first-order valence-corrected chi connectivity index (χ1v) is 5.35. The molecule has 0 heterocycles. The minimum absolute atomic E-state index is 0.0432. The maximum Gasteiger partial charge on any atom is 0.269 e. The Kier molecular flexibility index (Phi) is 3.15. The molecule has 0 aliphatic carbocycles. The maximum absolute atomic E-state index is 10.9. The first-order chi connectivity index (χ1) is 9.00. The van der Waals surface area contributed by atoms with Gasteiger partial charge in [-0.15, -0.1) is 0 Å². The van der Waals surface area contributed by atoms with E-state index >= 15 is 0 Å². The van der Waals surface area contributed by atoms with Crippen LogP contribution in [0.2, 0.25) is 0 Å². The van der Waals surface area contributed by atoms with Gasteiger partial charge >= 0.3 is 0 Å². The predicted octanol–water partition coefficient (Wildman–Crippen LogP) is 1.21. The number of carbonyl (C=O) groups is 1. The molecule has 0 bridgehead atoms. The van der Waals surface area contributed by atoms with Crippen molar-refractivity contribution in [2.45, 2.75) is 0 Å². The Balaban J connectivity index is 2.50. The molecule has 0 aliphatic rings. The van der Waals surface area contributed by atoms with Crippen LogP contribution in [0.1, 0.15) is 10.4 Å². The molecule has 2 aromatic rings. The fourth-order valence-electron chi connectivity index (χ4n) is 1.76. The second-order valence-electron chi connectivity index (χ2n) is 3.86. The van der Waals surface area contributed by atoms with Crippen molar-refractivity contribution in [3.63, 3.8) is 0 Å². The largest absolute Gasteiger partial charge is 0.545 e. The van der Waals surface area contributed by atoms with Gasteiger partial charge in [0.15, 0.2) is 0 Å². The van der Waals surface area contributed by atoms with Crippen molar-refractivity contribution >= 4 is 17.3 Å². The summed E-state index contributed by atoms with van der Waals surface area (Å²) in [5.41, 5.74) is 6.79. The number of para-hydroxylation sites is 1. The molecular weight excluding hydrogens is 248 g/mol. The van der Waals surface area contributed by atoms with Gasteiger partial charge in [0.05, 0.1) is 10.9 Å². The highest BCUT2D eigenvalue weighted by atomic mass is 16.6. The molecule has 19 heavy (non-hydrogen) atoms. The van der Waals surface area contributed by atoms with Crippen molar-refractivity contribution in [2.24, 2.45) is 0 Å². The third-order valence-corrected chi connectivity index (χ3v) is 2.72. The molecule has 6 heteroatoms. The molecule has 0 aliphatic heterocycles. The number of rotatable bonds is 3. The van der Waals surface area contributed by atoms with Crippen LogP contribution in [0.15, 0.2) is 42.5 Å². The van der Waals surface area contributed by atoms with E-state index in [0.29, 0.717) is 11.1 Å². The zero-order valence-corrected chi connectivity index (χ0v) is 9.70. The van der Waals surface area contributed by atoms with E-state index in [1.54, 1.807) is 6.07 Å². The van der Waals surface area contributed by atoms with E-state index in [1.807, 2.05) is 0 Å². The van der Waals surface area contributed by atoms with Gasteiger partial charge in [0.2, 0.25) is 0 Å². The molecule has 0 saturated carbocycles. The summed E-state index contributed by atoms with van der Waals surface area (Å²) in [4.78, 5) is 20.9. The van der Waals surface area contributed by atoms with Crippen molar-refractivity contribution in [1.82, 2.24) is 0 Å². The predicted molar refractivity (Wildman–Crippen MR) is 67.3 cm³/mol. The summed E-state index contributed by atoms with van der Waals surface area (Å²) in [5.74, 6) is -1.36. The molecule has 96 valence electrons. The standard InChI is InChI=1S/C13H10N2O4/c14-12-10(2-1-3-11(12)13(16)17)8-4-6-9(7-5-8)15(18)19/h1-7H,14H2,(H,16,17)/p-1. The van der Waals surface area contributed by atoms with E-state index < -0.39 is 10.9 Å². The second kappa shape index (κ2) is 4.77. The first-order valence-electron chi connectivity index (χ1n) is 5.35. The Morgan fingerprint density at radius 2 is 1.74 bits per heavy atom. The lowest BCUT2D eigenvalue weighted by Gasteiger charge is -2.11. The Hall–Kier alpha value is -2.89. The highest BCUT2D eigenvalue weighted by Crippen LogP contribution is 2.29. The molecule has 0 saturated heterocycles. The third-order valence-electron chi connectivity index (χ3n) is 2.72. The van der Waals surface area contributed by atoms with E-state index in [-0.39, 0.29) is 16.9 Å². The maximum atomic E-state index is 10.9. The van der Waals surface area contributed by atoms with Crippen molar-refractivity contribution in [3.8, 4) is 11.1 Å². The zero-order valence-electron chi connectivity index (χ0n) is 9.70. The molecule has 0 unspecified atom stereocenters. The number of nitrogens with zero attached hydrogens (tertiary/aromatic N) is 1. The summed E-state index contributed by atoms with van der Waals surface area (Å²) in [5, 5.41) is 21.4. The van der Waals surface area contributed by atoms with Crippen LogP contribution < -0.4 is 10.8 Å². The van der Waals surface area contributed by atoms with Crippen molar-refractivity contribution in [2.75, 3.05) is 5.73 Å². The number of carbonyl (C=O) groups excluding carboxylic acids is 1. The van der Waals surface area contributed by atoms with E-state index in [0.717, 1.165) is 0 Å². The molecule has 2 aromatic carbocycles. The number of anilines is 1. The van der Waals surface area contributed by atoms with Crippen molar-refractivity contribution in [1.29, 1.82) is 0 Å². The van der Waals surface area contributed by atoms with Gasteiger partial charge in [-0.3, -0.25) is 10.1 Å². The van der Waals surface area contributed by atoms with Gasteiger partial charge in [0.25, 0.3) is 5.69 Å². The molecule has 0 spiro atoms. The monoisotopic (exact) mass is 257 g/mol. The summed E-state index contributed by atoms with van der Waals surface area (Å²) < 4.78 is 0. The average Bonchev–Trinajstić information content (AvgIpc) is 2.38. The first kappa shape index (κ1) is 12.6. The molecule has 0 amide bonds. The highest BCUT2D eigenvalue weighted by molar-refractivity contribution is 5.97. The van der Waals surface area contributed by atoms with Gasteiger partial charge < -0.3 is 15.6 Å². The zero-order chi connectivity index (χ0) is 14.0. The van der Waals surface area contributed by atoms with Gasteiger partial charge in [-0.25, -0.2) is 0 Å². The van der Waals surface area contributed by atoms with Crippen LogP contribution in [0.25, 0.3) is 11.1 Å². The van der Waals surface area contributed by atoms with Crippen LogP contribution in [0.4, 0.5) is 11.4 Å². The molecule has 6 nitrogen and oxygen atoms in total. The van der Waals surface area contributed by atoms with Crippen LogP contribution >= 0.6 is 0 Å². The number of nitro benzene ring substituents is 1. The smallest absolute Gasteiger partial charge is 0.269 e. The number of nitrogens with two attached hydrogens (primary N) is 1. The lowest BCUT2D eigenvalue weighted by Crippen LogP contribution is -2.23. The molecular formula is C13H9N2O4-. The Labute approximate surface area is 108 Å². The number of nitro groups is 1. The summed E-state index contributed by atoms with van der Waals surface area (Å²) >= 11 is 0. The van der Waals surface area contributed by atoms with Crippen molar-refractivity contribution < 1.29 is 14.8 Å². The number of aromatic carboxylic acids is 1. The fourth-order valence-corrected chi connectivity index (χ4v) is 1.76. The van der Waals surface area contributed by atoms with Gasteiger partial charge in [-0.2, -0.15) is 0 Å². The minimum Gasteiger partial charge on any atom is -0.545 e. The van der Waals surface area contributed by atoms with Crippen LogP contribution in [-0.2, 0) is 0 Å². The third kappa shape index (κ3) is 2.37. The van der Waals surface area contributed by atoms with Crippen LogP contribution in [0.5, 0.6) is 0 Å². The molecule has 2 N–H and O–H groups in total. The average molecular weight is 257 g/mol. The van der Waals surface area contributed by atoms with Gasteiger partial charge in [0, 0.05) is 28.9 Å². The van der Waals surface area contributed by atoms with E-state index in [9.17, 15) is 20.0 Å². The topological polar surface area (TPSA) is 109 Å². The van der Waals surface area contributed by atoms with Gasteiger partial charge in [-0.1, -0.05) is 18.2 Å². The Morgan fingerprint density at radius 3 is 2.26 bits per heavy atom. The second-order valence-corrected chi connectivity index (χ2v) is 3.86. The van der Waals surface area contributed by atoms with Crippen LogP contribution in [0, 0.1) is 10.1 Å². The quantitative estimate of drug-likeness (QED) is 0.504. The van der Waals surface area contributed by atoms with Gasteiger partial charge in [0.1, 0.15) is 0 Å². The number of carboxylic acid groups (broad SMARTS) is 1.